The summed E-state index contributed by atoms with van der Waals surface area (Å²) >= 11 is 0. The molecule has 0 spiro atoms. The molecule has 1 saturated heterocycles. The van der Waals surface area contributed by atoms with Crippen molar-refractivity contribution in [2.24, 2.45) is 0 Å². The molecule has 5 rings (SSSR count). The molecule has 0 aliphatic carbocycles. The van der Waals surface area contributed by atoms with E-state index in [2.05, 4.69) is 15.2 Å². The van der Waals surface area contributed by atoms with Crippen LogP contribution in [0.1, 0.15) is 46.3 Å². The molecular weight excluding hydrogens is 406 g/mol. The van der Waals surface area contributed by atoms with Crippen LogP contribution < -0.4 is 4.74 Å². The second-order valence-corrected chi connectivity index (χ2v) is 8.19. The number of likely N-dealkylation sites (tertiary alicyclic amines) is 1. The molecule has 1 aliphatic heterocycles. The van der Waals surface area contributed by atoms with Gasteiger partial charge < -0.3 is 14.2 Å². The molecule has 3 heterocycles. The molecule has 2 aromatic carbocycles. The molecule has 32 heavy (non-hydrogen) atoms. The summed E-state index contributed by atoms with van der Waals surface area (Å²) < 4.78 is 13.3. The second kappa shape index (κ2) is 8.45. The highest BCUT2D eigenvalue weighted by atomic mass is 16.5. The highest BCUT2D eigenvalue weighted by Gasteiger charge is 2.27. The Labute approximate surface area is 185 Å². The summed E-state index contributed by atoms with van der Waals surface area (Å²) in [6.45, 7) is 5.39. The van der Waals surface area contributed by atoms with E-state index < -0.39 is 0 Å². The van der Waals surface area contributed by atoms with Crippen LogP contribution in [0.4, 0.5) is 0 Å². The highest BCUT2D eigenvalue weighted by Crippen LogP contribution is 2.30. The Bertz CT molecular complexity index is 1220. The number of rotatable bonds is 5. The molecule has 0 saturated carbocycles. The third-order valence-electron chi connectivity index (χ3n) is 6.19. The quantitative estimate of drug-likeness (QED) is 0.473. The number of benzene rings is 2. The maximum absolute atomic E-state index is 13.5. The zero-order valence-corrected chi connectivity index (χ0v) is 18.2. The van der Waals surface area contributed by atoms with Crippen molar-refractivity contribution in [1.29, 1.82) is 0 Å². The first-order valence-corrected chi connectivity index (χ1v) is 10.8. The summed E-state index contributed by atoms with van der Waals surface area (Å²) in [6, 6.07) is 12.2. The van der Waals surface area contributed by atoms with Crippen molar-refractivity contribution in [1.82, 2.24) is 24.8 Å². The van der Waals surface area contributed by atoms with E-state index in [9.17, 15) is 4.79 Å². The van der Waals surface area contributed by atoms with Gasteiger partial charge >= 0.3 is 0 Å². The van der Waals surface area contributed by atoms with E-state index in [0.29, 0.717) is 31.0 Å². The van der Waals surface area contributed by atoms with Gasteiger partial charge in [-0.25, -0.2) is 9.67 Å². The van der Waals surface area contributed by atoms with Crippen LogP contribution >= 0.6 is 0 Å². The molecule has 2 aromatic heterocycles. The fraction of sp³-hybridized carbons (Fsp3) is 0.333. The van der Waals surface area contributed by atoms with Crippen molar-refractivity contribution in [2.75, 3.05) is 13.1 Å². The third-order valence-corrected chi connectivity index (χ3v) is 6.19. The monoisotopic (exact) mass is 431 g/mol. The molecule has 1 fully saturated rings. The summed E-state index contributed by atoms with van der Waals surface area (Å²) in [7, 11) is 0. The van der Waals surface area contributed by atoms with E-state index in [0.717, 1.165) is 40.6 Å². The Morgan fingerprint density at radius 3 is 2.56 bits per heavy atom. The van der Waals surface area contributed by atoms with Crippen LogP contribution in [0.25, 0.3) is 10.8 Å². The molecule has 4 aromatic rings. The molecule has 0 N–H and O–H groups in total. The molecule has 1 aliphatic rings. The van der Waals surface area contributed by atoms with E-state index in [4.69, 9.17) is 9.26 Å². The van der Waals surface area contributed by atoms with Gasteiger partial charge in [0.15, 0.2) is 0 Å². The molecule has 8 heteroatoms. The van der Waals surface area contributed by atoms with E-state index >= 15 is 0 Å². The lowest BCUT2D eigenvalue weighted by molar-refractivity contribution is 0.0685. The average Bonchev–Trinajstić information content (AvgIpc) is 3.47. The number of fused-ring (bicyclic) bond motifs is 1. The minimum absolute atomic E-state index is 0.0124. The Balaban J connectivity index is 1.40. The first-order chi connectivity index (χ1) is 15.6. The van der Waals surface area contributed by atoms with Gasteiger partial charge in [-0.3, -0.25) is 4.79 Å². The Morgan fingerprint density at radius 1 is 1.16 bits per heavy atom. The van der Waals surface area contributed by atoms with Gasteiger partial charge in [0.05, 0.1) is 22.9 Å². The molecule has 164 valence electrons. The fourth-order valence-electron chi connectivity index (χ4n) is 4.27. The van der Waals surface area contributed by atoms with E-state index in [-0.39, 0.29) is 11.9 Å². The summed E-state index contributed by atoms with van der Waals surface area (Å²) in [5.74, 6) is 1.29. The first-order valence-electron chi connectivity index (χ1n) is 10.8. The van der Waals surface area contributed by atoms with Crippen LogP contribution in [0, 0.1) is 13.8 Å². The number of aromatic nitrogens is 4. The smallest absolute Gasteiger partial charge is 0.257 e. The van der Waals surface area contributed by atoms with Crippen molar-refractivity contribution in [3.05, 3.63) is 71.6 Å². The number of hydrogen-bond acceptors (Lipinski definition) is 6. The topological polar surface area (TPSA) is 86.3 Å². The number of ether oxygens (including phenoxy) is 1. The van der Waals surface area contributed by atoms with Gasteiger partial charge in [-0.15, -0.1) is 0 Å². The molecule has 8 nitrogen and oxygen atoms in total. The molecule has 0 atom stereocenters. The molecule has 0 unspecified atom stereocenters. The highest BCUT2D eigenvalue weighted by molar-refractivity contribution is 6.01. The van der Waals surface area contributed by atoms with Crippen LogP contribution in [0.3, 0.4) is 0 Å². The predicted octanol–water partition coefficient (Wildman–Crippen LogP) is 4.09. The van der Waals surface area contributed by atoms with Gasteiger partial charge in [0.2, 0.25) is 0 Å². The van der Waals surface area contributed by atoms with E-state index in [1.54, 1.807) is 12.7 Å². The number of piperidine rings is 1. The summed E-state index contributed by atoms with van der Waals surface area (Å²) in [5.41, 5.74) is 2.28. The number of nitrogens with zero attached hydrogens (tertiary/aromatic N) is 5. The third kappa shape index (κ3) is 3.84. The predicted molar refractivity (Wildman–Crippen MR) is 118 cm³/mol. The maximum atomic E-state index is 13.5. The Kier molecular flexibility index (Phi) is 5.34. The minimum Gasteiger partial charge on any atom is -0.488 e. The average molecular weight is 431 g/mol. The zero-order valence-electron chi connectivity index (χ0n) is 18.2. The molecule has 0 radical (unpaired) electrons. The van der Waals surface area contributed by atoms with Gasteiger partial charge in [0.25, 0.3) is 5.91 Å². The zero-order chi connectivity index (χ0) is 22.1. The number of amides is 1. The number of aryl methyl sites for hydroxylation is 2. The van der Waals surface area contributed by atoms with Crippen LogP contribution in [-0.4, -0.2) is 43.8 Å². The SMILES string of the molecule is Cc1noc(C)c1COc1cc2ccccc2cc1C(=O)N1CCC(n2cncn2)CC1. The minimum atomic E-state index is -0.0124. The lowest BCUT2D eigenvalue weighted by Crippen LogP contribution is -2.39. The lowest BCUT2D eigenvalue weighted by atomic mass is 10.0. The van der Waals surface area contributed by atoms with Gasteiger partial charge in [-0.2, -0.15) is 5.10 Å². The largest absolute Gasteiger partial charge is 0.488 e. The normalized spacial score (nSPS) is 14.8. The summed E-state index contributed by atoms with van der Waals surface area (Å²) in [4.78, 5) is 19.5. The maximum Gasteiger partial charge on any atom is 0.257 e. The van der Waals surface area contributed by atoms with Crippen molar-refractivity contribution in [2.45, 2.75) is 39.3 Å². The van der Waals surface area contributed by atoms with Gasteiger partial charge in [-0.1, -0.05) is 29.4 Å². The summed E-state index contributed by atoms with van der Waals surface area (Å²) in [5, 5.41) is 10.3. The molecule has 0 bridgehead atoms. The lowest BCUT2D eigenvalue weighted by Gasteiger charge is -2.32. The van der Waals surface area contributed by atoms with Crippen LogP contribution in [0.2, 0.25) is 0 Å². The number of carbonyl (C=O) groups excluding carboxylic acids is 1. The van der Waals surface area contributed by atoms with Crippen LogP contribution in [-0.2, 0) is 6.61 Å². The summed E-state index contributed by atoms with van der Waals surface area (Å²) in [6.07, 6.45) is 4.98. The second-order valence-electron chi connectivity index (χ2n) is 8.19. The van der Waals surface area contributed by atoms with Crippen LogP contribution in [0.15, 0.2) is 53.6 Å². The molecular formula is C24H25N5O3. The molecule has 1 amide bonds. The number of hydrogen-bond donors (Lipinski definition) is 0. The van der Waals surface area contributed by atoms with Gasteiger partial charge in [-0.05, 0) is 49.6 Å². The standard InChI is InChI=1S/C24H25N5O3/c1-16-22(17(2)32-27-16)13-31-23-12-19-6-4-3-5-18(19)11-21(23)24(30)28-9-7-20(8-10-28)29-15-25-14-26-29/h3-6,11-12,14-15,20H,7-10,13H2,1-2H3. The van der Waals surface area contributed by atoms with Crippen molar-refractivity contribution < 1.29 is 14.1 Å². The van der Waals surface area contributed by atoms with Crippen LogP contribution in [0.5, 0.6) is 5.75 Å². The Morgan fingerprint density at radius 2 is 1.91 bits per heavy atom. The van der Waals surface area contributed by atoms with Gasteiger partial charge in [0.1, 0.15) is 30.8 Å². The Hall–Kier alpha value is -3.68. The van der Waals surface area contributed by atoms with Crippen molar-refractivity contribution in [3.63, 3.8) is 0 Å². The van der Waals surface area contributed by atoms with Gasteiger partial charge in [0, 0.05) is 13.1 Å². The van der Waals surface area contributed by atoms with Crippen molar-refractivity contribution in [3.8, 4) is 5.75 Å². The first kappa shape index (κ1) is 20.2. The van der Waals surface area contributed by atoms with E-state index in [1.807, 2.05) is 59.8 Å². The van der Waals surface area contributed by atoms with E-state index in [1.165, 1.54) is 0 Å². The number of carbonyl (C=O) groups is 1. The fourth-order valence-corrected chi connectivity index (χ4v) is 4.27. The van der Waals surface area contributed by atoms with Crippen molar-refractivity contribution >= 4 is 16.7 Å².